The molecule has 0 saturated heterocycles. The third-order valence-corrected chi connectivity index (χ3v) is 3.28. The molecule has 1 heterocycles. The topological polar surface area (TPSA) is 56.0 Å². The maximum absolute atomic E-state index is 12.3. The molecule has 0 saturated carbocycles. The summed E-state index contributed by atoms with van der Waals surface area (Å²) >= 11 is 0. The van der Waals surface area contributed by atoms with Gasteiger partial charge in [0.15, 0.2) is 5.78 Å². The first-order valence-corrected chi connectivity index (χ1v) is 5.60. The van der Waals surface area contributed by atoms with E-state index in [1.807, 2.05) is 18.2 Å². The fraction of sp³-hybridized carbons (Fsp3) is 0.143. The minimum atomic E-state index is -0.0438. The molecule has 1 aromatic heterocycles. The summed E-state index contributed by atoms with van der Waals surface area (Å²) in [7, 11) is 0. The van der Waals surface area contributed by atoms with Crippen molar-refractivity contribution in [1.82, 2.24) is 4.98 Å². The standard InChI is InChI=1S/C14H12N2O/c15-14-11(6-3-7-16-14)13(17)12-8-9-4-1-2-5-10(9)12/h1-7,12H,8H2,(H2,15,16). The van der Waals surface area contributed by atoms with Gasteiger partial charge in [0, 0.05) is 6.20 Å². The number of nitrogens with zero attached hydrogens (tertiary/aromatic N) is 1. The number of carbonyl (C=O) groups excluding carboxylic acids is 1. The number of ketones is 1. The highest BCUT2D eigenvalue weighted by molar-refractivity contribution is 6.05. The Balaban J connectivity index is 1.94. The smallest absolute Gasteiger partial charge is 0.174 e. The normalized spacial score (nSPS) is 17.1. The van der Waals surface area contributed by atoms with Gasteiger partial charge in [-0.25, -0.2) is 4.98 Å². The molecule has 2 aromatic rings. The van der Waals surface area contributed by atoms with Crippen molar-refractivity contribution < 1.29 is 4.79 Å². The number of benzene rings is 1. The molecule has 2 N–H and O–H groups in total. The predicted molar refractivity (Wildman–Crippen MR) is 65.9 cm³/mol. The van der Waals surface area contributed by atoms with Gasteiger partial charge in [-0.05, 0) is 29.7 Å². The zero-order valence-corrected chi connectivity index (χ0v) is 9.26. The number of fused-ring (bicyclic) bond motifs is 1. The second-order valence-corrected chi connectivity index (χ2v) is 4.26. The van der Waals surface area contributed by atoms with Gasteiger partial charge in [0.05, 0.1) is 11.5 Å². The van der Waals surface area contributed by atoms with Crippen molar-refractivity contribution in [3.8, 4) is 0 Å². The molecule has 1 aliphatic carbocycles. The second-order valence-electron chi connectivity index (χ2n) is 4.26. The van der Waals surface area contributed by atoms with E-state index in [1.165, 1.54) is 5.56 Å². The summed E-state index contributed by atoms with van der Waals surface area (Å²) in [5.41, 5.74) is 8.64. The number of aromatic nitrogens is 1. The molecule has 3 rings (SSSR count). The first-order valence-electron chi connectivity index (χ1n) is 5.60. The van der Waals surface area contributed by atoms with Crippen molar-refractivity contribution in [2.75, 3.05) is 5.73 Å². The Morgan fingerprint density at radius 3 is 2.82 bits per heavy atom. The Hall–Kier alpha value is -2.16. The molecule has 1 atom stereocenters. The van der Waals surface area contributed by atoms with Crippen molar-refractivity contribution in [3.05, 3.63) is 59.3 Å². The first-order chi connectivity index (χ1) is 8.27. The Bertz CT molecular complexity index is 592. The third-order valence-electron chi connectivity index (χ3n) is 3.28. The summed E-state index contributed by atoms with van der Waals surface area (Å²) in [6.45, 7) is 0. The maximum atomic E-state index is 12.3. The van der Waals surface area contributed by atoms with Gasteiger partial charge >= 0.3 is 0 Å². The van der Waals surface area contributed by atoms with Crippen LogP contribution in [-0.2, 0) is 6.42 Å². The lowest BCUT2D eigenvalue weighted by molar-refractivity contribution is 0.0949. The Labute approximate surface area is 99.3 Å². The van der Waals surface area contributed by atoms with Gasteiger partial charge in [-0.15, -0.1) is 0 Å². The molecule has 3 nitrogen and oxygen atoms in total. The van der Waals surface area contributed by atoms with Gasteiger partial charge in [0.2, 0.25) is 0 Å². The highest BCUT2D eigenvalue weighted by atomic mass is 16.1. The van der Waals surface area contributed by atoms with Crippen LogP contribution in [0.3, 0.4) is 0 Å². The van der Waals surface area contributed by atoms with E-state index in [2.05, 4.69) is 11.1 Å². The molecular weight excluding hydrogens is 212 g/mol. The Morgan fingerprint density at radius 1 is 1.24 bits per heavy atom. The van der Waals surface area contributed by atoms with Crippen LogP contribution in [-0.4, -0.2) is 10.8 Å². The molecule has 1 aliphatic rings. The van der Waals surface area contributed by atoms with Gasteiger partial charge in [-0.1, -0.05) is 24.3 Å². The molecule has 0 spiro atoms. The van der Waals surface area contributed by atoms with Gasteiger partial charge < -0.3 is 5.73 Å². The fourth-order valence-electron chi connectivity index (χ4n) is 2.31. The molecule has 0 radical (unpaired) electrons. The van der Waals surface area contributed by atoms with E-state index in [-0.39, 0.29) is 11.7 Å². The van der Waals surface area contributed by atoms with Gasteiger partial charge in [-0.3, -0.25) is 4.79 Å². The van der Waals surface area contributed by atoms with Crippen LogP contribution in [0.2, 0.25) is 0 Å². The molecular formula is C14H12N2O. The lowest BCUT2D eigenvalue weighted by Crippen LogP contribution is -2.26. The molecule has 0 fully saturated rings. The molecule has 0 aliphatic heterocycles. The minimum absolute atomic E-state index is 0.0438. The Kier molecular flexibility index (Phi) is 2.18. The van der Waals surface area contributed by atoms with Crippen molar-refractivity contribution in [1.29, 1.82) is 0 Å². The van der Waals surface area contributed by atoms with E-state index >= 15 is 0 Å². The average Bonchev–Trinajstić information content (AvgIpc) is 2.31. The Morgan fingerprint density at radius 2 is 2.06 bits per heavy atom. The number of nitrogen functional groups attached to an aromatic ring is 1. The van der Waals surface area contributed by atoms with E-state index < -0.39 is 0 Å². The number of hydrogen-bond acceptors (Lipinski definition) is 3. The van der Waals surface area contributed by atoms with Crippen molar-refractivity contribution in [2.45, 2.75) is 12.3 Å². The van der Waals surface area contributed by atoms with Gasteiger partial charge in [-0.2, -0.15) is 0 Å². The van der Waals surface area contributed by atoms with E-state index in [4.69, 9.17) is 5.73 Å². The van der Waals surface area contributed by atoms with Crippen molar-refractivity contribution in [2.24, 2.45) is 0 Å². The lowest BCUT2D eigenvalue weighted by Gasteiger charge is -2.28. The minimum Gasteiger partial charge on any atom is -0.383 e. The average molecular weight is 224 g/mol. The number of nitrogens with two attached hydrogens (primary N) is 1. The molecule has 84 valence electrons. The summed E-state index contributed by atoms with van der Waals surface area (Å²) in [5, 5.41) is 0. The van der Waals surface area contributed by atoms with Crippen molar-refractivity contribution in [3.63, 3.8) is 0 Å². The van der Waals surface area contributed by atoms with Crippen LogP contribution in [0.15, 0.2) is 42.6 Å². The molecule has 3 heteroatoms. The van der Waals surface area contributed by atoms with E-state index in [1.54, 1.807) is 18.3 Å². The zero-order valence-electron chi connectivity index (χ0n) is 9.26. The number of anilines is 1. The predicted octanol–water partition coefficient (Wildman–Crippen LogP) is 2.19. The van der Waals surface area contributed by atoms with Crippen LogP contribution < -0.4 is 5.73 Å². The van der Waals surface area contributed by atoms with Crippen LogP contribution in [0.5, 0.6) is 0 Å². The van der Waals surface area contributed by atoms with Crippen LogP contribution in [0.1, 0.15) is 27.4 Å². The quantitative estimate of drug-likeness (QED) is 0.795. The summed E-state index contributed by atoms with van der Waals surface area (Å²) in [6.07, 6.45) is 2.41. The summed E-state index contributed by atoms with van der Waals surface area (Å²) in [5.74, 6) is 0.355. The number of Topliss-reactive ketones (excluding diaryl/α,β-unsaturated/α-hetero) is 1. The van der Waals surface area contributed by atoms with Crippen LogP contribution in [0, 0.1) is 0 Å². The first kappa shape index (κ1) is 10.0. The van der Waals surface area contributed by atoms with Crippen LogP contribution in [0.25, 0.3) is 0 Å². The van der Waals surface area contributed by atoms with Crippen LogP contribution >= 0.6 is 0 Å². The number of rotatable bonds is 2. The van der Waals surface area contributed by atoms with Gasteiger partial charge in [0.1, 0.15) is 5.82 Å². The van der Waals surface area contributed by atoms with Crippen LogP contribution in [0.4, 0.5) is 5.82 Å². The summed E-state index contributed by atoms with van der Waals surface area (Å²) in [4.78, 5) is 16.2. The molecule has 1 aromatic carbocycles. The van der Waals surface area contributed by atoms with E-state index in [0.717, 1.165) is 12.0 Å². The highest BCUT2D eigenvalue weighted by Gasteiger charge is 2.33. The van der Waals surface area contributed by atoms with E-state index in [0.29, 0.717) is 11.4 Å². The summed E-state index contributed by atoms with van der Waals surface area (Å²) in [6, 6.07) is 11.5. The number of carbonyl (C=O) groups is 1. The third kappa shape index (κ3) is 1.51. The molecule has 0 amide bonds. The fourth-order valence-corrected chi connectivity index (χ4v) is 2.31. The second kappa shape index (κ2) is 3.70. The number of pyridine rings is 1. The molecule has 0 bridgehead atoms. The van der Waals surface area contributed by atoms with E-state index in [9.17, 15) is 4.79 Å². The van der Waals surface area contributed by atoms with Crippen molar-refractivity contribution >= 4 is 11.6 Å². The maximum Gasteiger partial charge on any atom is 0.174 e. The molecule has 17 heavy (non-hydrogen) atoms. The molecule has 1 unspecified atom stereocenters. The largest absolute Gasteiger partial charge is 0.383 e. The highest BCUT2D eigenvalue weighted by Crippen LogP contribution is 2.37. The number of hydrogen-bond donors (Lipinski definition) is 1. The lowest BCUT2D eigenvalue weighted by atomic mass is 9.74. The zero-order chi connectivity index (χ0) is 11.8. The SMILES string of the molecule is Nc1ncccc1C(=O)C1Cc2ccccc21. The van der Waals surface area contributed by atoms with Gasteiger partial charge in [0.25, 0.3) is 0 Å². The summed E-state index contributed by atoms with van der Waals surface area (Å²) < 4.78 is 0. The monoisotopic (exact) mass is 224 g/mol.